The van der Waals surface area contributed by atoms with Crippen LogP contribution in [0.25, 0.3) is 0 Å². The fourth-order valence-corrected chi connectivity index (χ4v) is 10.9. The Morgan fingerprint density at radius 2 is 1.20 bits per heavy atom. The van der Waals surface area contributed by atoms with E-state index in [1.54, 1.807) is 12.1 Å². The number of nitrogens with zero attached hydrogens (tertiary/aromatic N) is 2. The number of hydrogen-bond acceptors (Lipinski definition) is 4. The summed E-state index contributed by atoms with van der Waals surface area (Å²) < 4.78 is 32.3. The van der Waals surface area contributed by atoms with Crippen LogP contribution in [0.5, 0.6) is 0 Å². The van der Waals surface area contributed by atoms with E-state index in [9.17, 15) is 0 Å². The first-order valence-electron chi connectivity index (χ1n) is 16.9. The fraction of sp³-hybridized carbons (Fsp3) is 0.526. The van der Waals surface area contributed by atoms with Crippen LogP contribution in [0.15, 0.2) is 89.8 Å². The van der Waals surface area contributed by atoms with Crippen LogP contribution < -0.4 is 5.43 Å². The zero-order valence-electron chi connectivity index (χ0n) is 27.4. The highest BCUT2D eigenvalue weighted by Crippen LogP contribution is 2.60. The fourth-order valence-electron chi connectivity index (χ4n) is 9.27. The maximum Gasteiger partial charge on any atom is 0.257 e. The minimum absolute atomic E-state index is 0.247. The van der Waals surface area contributed by atoms with Gasteiger partial charge >= 0.3 is 0 Å². The lowest BCUT2D eigenvalue weighted by molar-refractivity contribution is -0.205. The number of hydrogen-bond donors (Lipinski definition) is 1. The lowest BCUT2D eigenvalue weighted by Gasteiger charge is -2.63. The number of aryl methyl sites for hydroxylation is 1. The van der Waals surface area contributed by atoms with E-state index in [1.807, 2.05) is 47.7 Å². The average molecular weight is 614 g/mol. The van der Waals surface area contributed by atoms with Gasteiger partial charge in [0.1, 0.15) is 0 Å². The van der Waals surface area contributed by atoms with Gasteiger partial charge in [0, 0.05) is 0 Å². The minimum Gasteiger partial charge on any atom is -0.230 e. The summed E-state index contributed by atoms with van der Waals surface area (Å²) in [5, 5.41) is 2.22. The molecule has 3 fully saturated rings. The highest BCUT2D eigenvalue weighted by atomic mass is 32.2. The van der Waals surface area contributed by atoms with Gasteiger partial charge < -0.3 is 0 Å². The van der Waals surface area contributed by atoms with E-state index in [1.165, 1.54) is 19.3 Å². The van der Waals surface area contributed by atoms with Crippen molar-refractivity contribution in [2.45, 2.75) is 96.2 Å². The van der Waals surface area contributed by atoms with Gasteiger partial charge in [0.2, 0.25) is 0 Å². The van der Waals surface area contributed by atoms with Crippen molar-refractivity contribution in [1.82, 2.24) is 15.0 Å². The van der Waals surface area contributed by atoms with Gasteiger partial charge in [-0.2, -0.15) is 5.12 Å². The molecule has 236 valence electrons. The highest BCUT2D eigenvalue weighted by Gasteiger charge is 2.65. The first-order valence-corrected chi connectivity index (χ1v) is 18.3. The van der Waals surface area contributed by atoms with Gasteiger partial charge in [-0.3, -0.25) is 0 Å². The Morgan fingerprint density at radius 1 is 0.682 bits per heavy atom. The molecule has 0 aromatic heterocycles. The first kappa shape index (κ1) is 31.5. The number of hydrazine groups is 2. The molecular weight excluding hydrogens is 563 g/mol. The molecule has 5 nitrogen and oxygen atoms in total. The second-order valence-corrected chi connectivity index (χ2v) is 15.9. The molecule has 0 spiro atoms. The van der Waals surface area contributed by atoms with Gasteiger partial charge in [0.15, 0.2) is 0 Å². The Labute approximate surface area is 266 Å². The SMILES string of the molecule is Cc1ccc(S(=O)(=O)N2[C@H](c3ccccc3)[C@@H](c3ccccc3)NN2C2(C3CCCCC3)[C@H](C)[C@H](C)C(C)C(C)[C@@H]2C)cc1. The third kappa shape index (κ3) is 5.06. The molecule has 2 saturated carbocycles. The molecule has 3 aromatic rings. The van der Waals surface area contributed by atoms with E-state index in [0.717, 1.165) is 29.5 Å². The highest BCUT2D eigenvalue weighted by molar-refractivity contribution is 7.89. The lowest BCUT2D eigenvalue weighted by Crippen LogP contribution is -2.72. The van der Waals surface area contributed by atoms with Crippen molar-refractivity contribution in [3.8, 4) is 0 Å². The van der Waals surface area contributed by atoms with E-state index in [4.69, 9.17) is 0 Å². The molecule has 1 N–H and O–H groups in total. The van der Waals surface area contributed by atoms with Crippen LogP contribution in [-0.2, 0) is 10.0 Å². The molecule has 0 bridgehead atoms. The molecule has 44 heavy (non-hydrogen) atoms. The molecule has 1 saturated heterocycles. The van der Waals surface area contributed by atoms with Crippen LogP contribution in [0.2, 0.25) is 0 Å². The van der Waals surface area contributed by atoms with E-state index in [0.29, 0.717) is 28.6 Å². The van der Waals surface area contributed by atoms with Gasteiger partial charge in [-0.15, -0.1) is 4.41 Å². The van der Waals surface area contributed by atoms with Crippen molar-refractivity contribution in [3.63, 3.8) is 0 Å². The second kappa shape index (κ2) is 12.4. The van der Waals surface area contributed by atoms with Crippen LogP contribution in [0.3, 0.4) is 0 Å². The zero-order chi connectivity index (χ0) is 31.2. The predicted octanol–water partition coefficient (Wildman–Crippen LogP) is 8.72. The van der Waals surface area contributed by atoms with Crippen molar-refractivity contribution in [2.75, 3.05) is 0 Å². The topological polar surface area (TPSA) is 52.7 Å². The Bertz CT molecular complexity index is 1480. The molecule has 0 amide bonds. The van der Waals surface area contributed by atoms with Gasteiger partial charge in [-0.1, -0.05) is 132 Å². The molecule has 8 atom stereocenters. The number of rotatable bonds is 6. The van der Waals surface area contributed by atoms with Gasteiger partial charge in [0.05, 0.1) is 22.5 Å². The molecule has 3 aliphatic rings. The number of nitrogens with one attached hydrogen (secondary N) is 1. The quantitative estimate of drug-likeness (QED) is 0.302. The van der Waals surface area contributed by atoms with Gasteiger partial charge in [-0.05, 0) is 78.5 Å². The molecule has 3 aromatic carbocycles. The van der Waals surface area contributed by atoms with Gasteiger partial charge in [-0.25, -0.2) is 13.8 Å². The van der Waals surface area contributed by atoms with E-state index in [2.05, 4.69) is 81.6 Å². The van der Waals surface area contributed by atoms with Crippen molar-refractivity contribution in [3.05, 3.63) is 102 Å². The summed E-state index contributed by atoms with van der Waals surface area (Å²) in [5.41, 5.74) is 6.75. The Hall–Kier alpha value is -2.51. The Kier molecular flexibility index (Phi) is 8.84. The molecule has 6 rings (SSSR count). The van der Waals surface area contributed by atoms with Crippen LogP contribution in [0.4, 0.5) is 0 Å². The summed E-state index contributed by atoms with van der Waals surface area (Å²) in [4.78, 5) is 0.342. The van der Waals surface area contributed by atoms with Crippen molar-refractivity contribution in [2.24, 2.45) is 35.5 Å². The van der Waals surface area contributed by atoms with Crippen molar-refractivity contribution >= 4 is 10.0 Å². The van der Waals surface area contributed by atoms with E-state index >= 15 is 8.42 Å². The van der Waals surface area contributed by atoms with Crippen molar-refractivity contribution in [1.29, 1.82) is 0 Å². The summed E-state index contributed by atoms with van der Waals surface area (Å²) in [6.07, 6.45) is 5.92. The van der Waals surface area contributed by atoms with E-state index in [-0.39, 0.29) is 23.4 Å². The second-order valence-electron chi connectivity index (χ2n) is 14.2. The molecule has 3 unspecified atom stereocenters. The van der Waals surface area contributed by atoms with Crippen molar-refractivity contribution < 1.29 is 8.42 Å². The summed E-state index contributed by atoms with van der Waals surface area (Å²) in [6.45, 7) is 14.1. The zero-order valence-corrected chi connectivity index (χ0v) is 28.2. The standard InChI is InChI=1S/C38H51N3O2S/c1-26-22-24-35(25-23-26)44(42,43)40-37(33-18-12-8-13-19-33)36(32-16-10-7-11-17-32)39-41(40)38(34-20-14-9-15-21-34)30(5)28(3)27(2)29(4)31(38)6/h7-8,10-13,16-19,22-25,27-31,34,36-37,39H,9,14-15,20-21H2,1-6H3/t27?,28-,29?,30-,31+,36-,37-,38?/m1/s1. The summed E-state index contributed by atoms with van der Waals surface area (Å²) in [5.74, 6) is 2.38. The predicted molar refractivity (Wildman–Crippen MR) is 179 cm³/mol. The molecule has 2 aliphatic carbocycles. The Morgan fingerprint density at radius 3 is 1.75 bits per heavy atom. The lowest BCUT2D eigenvalue weighted by atomic mass is 9.50. The van der Waals surface area contributed by atoms with Crippen LogP contribution in [0.1, 0.15) is 95.5 Å². The third-order valence-electron chi connectivity index (χ3n) is 12.2. The smallest absolute Gasteiger partial charge is 0.230 e. The first-order chi connectivity index (χ1) is 21.1. The molecule has 1 aliphatic heterocycles. The minimum atomic E-state index is -3.97. The largest absolute Gasteiger partial charge is 0.257 e. The Balaban J connectivity index is 1.64. The maximum atomic E-state index is 15.3. The number of benzene rings is 3. The average Bonchev–Trinajstić information content (AvgIpc) is 3.47. The maximum absolute atomic E-state index is 15.3. The third-order valence-corrected chi connectivity index (χ3v) is 13.9. The van der Waals surface area contributed by atoms with E-state index < -0.39 is 16.1 Å². The van der Waals surface area contributed by atoms with Crippen LogP contribution in [0, 0.1) is 42.4 Å². The van der Waals surface area contributed by atoms with Crippen LogP contribution in [-0.4, -0.2) is 23.5 Å². The van der Waals surface area contributed by atoms with Gasteiger partial charge in [0.25, 0.3) is 10.0 Å². The molecule has 0 radical (unpaired) electrons. The summed E-state index contributed by atoms with van der Waals surface area (Å²) in [7, 11) is -3.97. The van der Waals surface area contributed by atoms with Crippen LogP contribution >= 0.6 is 0 Å². The normalized spacial score (nSPS) is 34.3. The molecular formula is C38H51N3O2S. The summed E-state index contributed by atoms with van der Waals surface area (Å²) in [6, 6.07) is 27.4. The molecule has 1 heterocycles. The number of sulfonamides is 1. The molecule has 6 heteroatoms. The monoisotopic (exact) mass is 613 g/mol. The summed E-state index contributed by atoms with van der Waals surface area (Å²) >= 11 is 0.